The van der Waals surface area contributed by atoms with Crippen LogP contribution in [-0.4, -0.2) is 11.7 Å². The van der Waals surface area contributed by atoms with Gasteiger partial charge >= 0.3 is 0 Å². The normalized spacial score (nSPS) is 23.6. The largest absolute Gasteiger partial charge is 0.467 e. The van der Waals surface area contributed by atoms with Crippen molar-refractivity contribution in [2.75, 3.05) is 10.2 Å². The minimum atomic E-state index is -0.530. The number of rotatable bonds is 2. The summed E-state index contributed by atoms with van der Waals surface area (Å²) < 4.78 is 5.77. The smallest absolute Gasteiger partial charge is 0.231 e. The van der Waals surface area contributed by atoms with E-state index in [0.717, 1.165) is 36.3 Å². The molecule has 2 aliphatic carbocycles. The maximum Gasteiger partial charge on any atom is 0.231 e. The second-order valence-corrected chi connectivity index (χ2v) is 8.88. The fraction of sp³-hybridized carbons (Fsp3) is 0.391. The van der Waals surface area contributed by atoms with Gasteiger partial charge in [0.15, 0.2) is 5.78 Å². The van der Waals surface area contributed by atoms with E-state index in [1.807, 2.05) is 36.4 Å². The average molecular weight is 376 g/mol. The van der Waals surface area contributed by atoms with Gasteiger partial charge in [0, 0.05) is 23.6 Å². The number of hydrogen-bond donors (Lipinski definition) is 1. The molecule has 1 aromatic carbocycles. The van der Waals surface area contributed by atoms with Gasteiger partial charge < -0.3 is 9.73 Å². The molecule has 1 aromatic heterocycles. The fourth-order valence-corrected chi connectivity index (χ4v) is 4.47. The van der Waals surface area contributed by atoms with Crippen LogP contribution in [-0.2, 0) is 9.59 Å². The number of anilines is 2. The van der Waals surface area contributed by atoms with Crippen molar-refractivity contribution in [3.63, 3.8) is 0 Å². The van der Waals surface area contributed by atoms with Gasteiger partial charge in [-0.15, -0.1) is 0 Å². The van der Waals surface area contributed by atoms with Crippen LogP contribution in [0.4, 0.5) is 11.4 Å². The third-order valence-corrected chi connectivity index (χ3v) is 5.88. The number of nitrogens with one attached hydrogen (secondary N) is 1. The number of para-hydroxylation sites is 2. The van der Waals surface area contributed by atoms with Crippen molar-refractivity contribution in [2.45, 2.75) is 45.6 Å². The quantitative estimate of drug-likeness (QED) is 0.815. The molecule has 1 atom stereocenters. The zero-order chi connectivity index (χ0) is 19.5. The molecule has 1 aliphatic heterocycles. The van der Waals surface area contributed by atoms with Crippen LogP contribution >= 0.6 is 0 Å². The van der Waals surface area contributed by atoms with E-state index < -0.39 is 6.04 Å². The van der Waals surface area contributed by atoms with Crippen LogP contribution in [0.2, 0.25) is 0 Å². The molecule has 5 rings (SSSR count). The molecule has 1 N–H and O–H groups in total. The monoisotopic (exact) mass is 376 g/mol. The van der Waals surface area contributed by atoms with Crippen molar-refractivity contribution >= 4 is 23.1 Å². The Morgan fingerprint density at radius 1 is 1.14 bits per heavy atom. The second-order valence-electron chi connectivity index (χ2n) is 8.88. The Hall–Kier alpha value is -2.82. The number of carbonyl (C=O) groups excluding carboxylic acids is 2. The third-order valence-electron chi connectivity index (χ3n) is 5.88. The van der Waals surface area contributed by atoms with Gasteiger partial charge in [-0.05, 0) is 48.9 Å². The molecule has 0 spiro atoms. The lowest BCUT2D eigenvalue weighted by Crippen LogP contribution is -2.40. The van der Waals surface area contributed by atoms with Crippen molar-refractivity contribution in [1.82, 2.24) is 0 Å². The molecule has 0 bridgehead atoms. The summed E-state index contributed by atoms with van der Waals surface area (Å²) in [5.41, 5.74) is 3.12. The first-order valence-electron chi connectivity index (χ1n) is 9.93. The molecule has 1 fully saturated rings. The van der Waals surface area contributed by atoms with Gasteiger partial charge in [-0.2, -0.15) is 0 Å². The number of carbonyl (C=O) groups is 2. The zero-order valence-corrected chi connectivity index (χ0v) is 16.2. The fourth-order valence-electron chi connectivity index (χ4n) is 4.47. The van der Waals surface area contributed by atoms with Gasteiger partial charge in [0.25, 0.3) is 0 Å². The summed E-state index contributed by atoms with van der Waals surface area (Å²) in [6, 6.07) is 11.0. The lowest BCUT2D eigenvalue weighted by Gasteiger charge is -2.36. The van der Waals surface area contributed by atoms with Crippen LogP contribution in [0.15, 0.2) is 58.3 Å². The molecule has 0 radical (unpaired) electrons. The molecular formula is C23H24N2O3. The molecule has 144 valence electrons. The molecule has 28 heavy (non-hydrogen) atoms. The number of hydrogen-bond acceptors (Lipinski definition) is 4. The van der Waals surface area contributed by atoms with Crippen molar-refractivity contribution in [3.05, 3.63) is 59.7 Å². The van der Waals surface area contributed by atoms with Gasteiger partial charge in [0.1, 0.15) is 11.8 Å². The van der Waals surface area contributed by atoms with Crippen LogP contribution in [0.25, 0.3) is 0 Å². The molecule has 1 saturated carbocycles. The highest BCUT2D eigenvalue weighted by Crippen LogP contribution is 2.49. The Balaban J connectivity index is 1.76. The summed E-state index contributed by atoms with van der Waals surface area (Å²) in [6.45, 7) is 4.23. The number of Topliss-reactive ketones (excluding diaryl/α,β-unsaturated/α-hetero) is 1. The molecule has 0 unspecified atom stereocenters. The van der Waals surface area contributed by atoms with Crippen molar-refractivity contribution in [2.24, 2.45) is 11.3 Å². The Bertz CT molecular complexity index is 983. The number of allylic oxidation sites excluding steroid dienone is 1. The Labute approximate surface area is 164 Å². The number of fused-ring (bicyclic) bond motifs is 1. The predicted molar refractivity (Wildman–Crippen MR) is 107 cm³/mol. The maximum absolute atomic E-state index is 13.4. The number of amides is 1. The van der Waals surface area contributed by atoms with Crippen molar-refractivity contribution < 1.29 is 14.0 Å². The standard InChI is InChI=1S/C23H24N2O3/c1-23(2)12-16-20(18(26)13-23)21(19-8-5-11-28-19)25(22(27)14-9-10-14)17-7-4-3-6-15(17)24-16/h3-8,11,14,21,24H,9-10,12-13H2,1-2H3/t21-/m1/s1. The van der Waals surface area contributed by atoms with E-state index in [1.54, 1.807) is 11.2 Å². The Morgan fingerprint density at radius 3 is 2.64 bits per heavy atom. The summed E-state index contributed by atoms with van der Waals surface area (Å²) in [6.07, 6.45) is 4.64. The first kappa shape index (κ1) is 17.3. The van der Waals surface area contributed by atoms with E-state index in [-0.39, 0.29) is 23.0 Å². The molecule has 2 aromatic rings. The van der Waals surface area contributed by atoms with Crippen LogP contribution < -0.4 is 10.2 Å². The molecule has 5 heteroatoms. The lowest BCUT2D eigenvalue weighted by atomic mass is 9.74. The van der Waals surface area contributed by atoms with Crippen LogP contribution in [0.3, 0.4) is 0 Å². The van der Waals surface area contributed by atoms with Gasteiger partial charge in [0.05, 0.1) is 17.6 Å². The third kappa shape index (κ3) is 2.77. The minimum Gasteiger partial charge on any atom is -0.467 e. The number of furan rings is 1. The molecule has 1 amide bonds. The maximum atomic E-state index is 13.4. The van der Waals surface area contributed by atoms with Crippen LogP contribution in [0.1, 0.15) is 51.3 Å². The Kier molecular flexibility index (Phi) is 3.76. The number of ketones is 1. The van der Waals surface area contributed by atoms with Gasteiger partial charge in [-0.3, -0.25) is 14.5 Å². The average Bonchev–Trinajstić information content (AvgIpc) is 3.37. The molecule has 0 saturated heterocycles. The second kappa shape index (κ2) is 6.09. The summed E-state index contributed by atoms with van der Waals surface area (Å²) in [5.74, 6) is 0.819. The summed E-state index contributed by atoms with van der Waals surface area (Å²) in [5, 5.41) is 3.51. The summed E-state index contributed by atoms with van der Waals surface area (Å²) in [7, 11) is 0. The van der Waals surface area contributed by atoms with Crippen molar-refractivity contribution in [3.8, 4) is 0 Å². The topological polar surface area (TPSA) is 62.6 Å². The summed E-state index contributed by atoms with van der Waals surface area (Å²) >= 11 is 0. The number of nitrogens with zero attached hydrogens (tertiary/aromatic N) is 1. The number of benzene rings is 1. The first-order valence-corrected chi connectivity index (χ1v) is 9.93. The summed E-state index contributed by atoms with van der Waals surface area (Å²) in [4.78, 5) is 28.5. The molecular weight excluding hydrogens is 352 g/mol. The minimum absolute atomic E-state index is 0.0304. The zero-order valence-electron chi connectivity index (χ0n) is 16.2. The van der Waals surface area contributed by atoms with Crippen molar-refractivity contribution in [1.29, 1.82) is 0 Å². The van der Waals surface area contributed by atoms with Crippen LogP contribution in [0, 0.1) is 11.3 Å². The van der Waals surface area contributed by atoms with E-state index >= 15 is 0 Å². The molecule has 5 nitrogen and oxygen atoms in total. The molecule has 2 heterocycles. The van der Waals surface area contributed by atoms with E-state index in [0.29, 0.717) is 17.8 Å². The predicted octanol–water partition coefficient (Wildman–Crippen LogP) is 4.83. The SMILES string of the molecule is CC1(C)CC(=O)C2=C(C1)Nc1ccccc1N(C(=O)C1CC1)[C@@H]2c1ccco1. The Morgan fingerprint density at radius 2 is 1.93 bits per heavy atom. The van der Waals surface area contributed by atoms with Crippen LogP contribution in [0.5, 0.6) is 0 Å². The molecule has 3 aliphatic rings. The van der Waals surface area contributed by atoms with E-state index in [4.69, 9.17) is 4.42 Å². The van der Waals surface area contributed by atoms with E-state index in [2.05, 4.69) is 19.2 Å². The van der Waals surface area contributed by atoms with Gasteiger partial charge in [0.2, 0.25) is 5.91 Å². The first-order chi connectivity index (χ1) is 13.4. The highest BCUT2D eigenvalue weighted by molar-refractivity contribution is 6.07. The highest BCUT2D eigenvalue weighted by Gasteiger charge is 2.46. The van der Waals surface area contributed by atoms with Gasteiger partial charge in [-0.1, -0.05) is 26.0 Å². The van der Waals surface area contributed by atoms with Gasteiger partial charge in [-0.25, -0.2) is 0 Å². The van der Waals surface area contributed by atoms with E-state index in [1.165, 1.54) is 0 Å². The van der Waals surface area contributed by atoms with E-state index in [9.17, 15) is 9.59 Å². The lowest BCUT2D eigenvalue weighted by molar-refractivity contribution is -0.120. The highest BCUT2D eigenvalue weighted by atomic mass is 16.3.